The van der Waals surface area contributed by atoms with E-state index >= 15 is 0 Å². The highest BCUT2D eigenvalue weighted by atomic mass is 16.2. The molecule has 18 heavy (non-hydrogen) atoms. The predicted molar refractivity (Wildman–Crippen MR) is 72.6 cm³/mol. The first-order valence-electron chi connectivity index (χ1n) is 7.15. The van der Waals surface area contributed by atoms with Crippen molar-refractivity contribution in [3.8, 4) is 0 Å². The summed E-state index contributed by atoms with van der Waals surface area (Å²) >= 11 is 0. The van der Waals surface area contributed by atoms with Crippen LogP contribution in [0.5, 0.6) is 0 Å². The van der Waals surface area contributed by atoms with Gasteiger partial charge in [-0.2, -0.15) is 0 Å². The maximum absolute atomic E-state index is 12.3. The summed E-state index contributed by atoms with van der Waals surface area (Å²) in [5.41, 5.74) is 0. The lowest BCUT2D eigenvalue weighted by molar-refractivity contribution is -0.133. The maximum atomic E-state index is 12.3. The van der Waals surface area contributed by atoms with Crippen molar-refractivity contribution < 1.29 is 4.79 Å². The zero-order valence-electron chi connectivity index (χ0n) is 11.6. The molecule has 1 amide bonds. The standard InChI is InChI=1S/C13H26N4O/c1-3-17-8-4-5-11(17)10-16(2)13(18)12-9-14-6-7-15-12/h11-12,14-15H,3-10H2,1-2H3. The number of amides is 1. The van der Waals surface area contributed by atoms with Crippen LogP contribution in [0, 0.1) is 0 Å². The maximum Gasteiger partial charge on any atom is 0.240 e. The van der Waals surface area contributed by atoms with Crippen molar-refractivity contribution in [1.29, 1.82) is 0 Å². The minimum atomic E-state index is -0.0415. The zero-order chi connectivity index (χ0) is 13.0. The van der Waals surface area contributed by atoms with Crippen LogP contribution in [0.1, 0.15) is 19.8 Å². The highest BCUT2D eigenvalue weighted by Crippen LogP contribution is 2.17. The average molecular weight is 254 g/mol. The van der Waals surface area contributed by atoms with E-state index in [1.165, 1.54) is 19.4 Å². The Balaban J connectivity index is 1.82. The Hall–Kier alpha value is -0.650. The monoisotopic (exact) mass is 254 g/mol. The second-order valence-electron chi connectivity index (χ2n) is 5.35. The molecule has 2 aliphatic rings. The Morgan fingerprint density at radius 3 is 2.94 bits per heavy atom. The van der Waals surface area contributed by atoms with Crippen LogP contribution in [0.15, 0.2) is 0 Å². The largest absolute Gasteiger partial charge is 0.343 e. The van der Waals surface area contributed by atoms with Gasteiger partial charge >= 0.3 is 0 Å². The van der Waals surface area contributed by atoms with Crippen molar-refractivity contribution in [1.82, 2.24) is 20.4 Å². The van der Waals surface area contributed by atoms with Crippen molar-refractivity contribution >= 4 is 5.91 Å². The molecule has 0 aromatic carbocycles. The second kappa shape index (κ2) is 6.50. The lowest BCUT2D eigenvalue weighted by Crippen LogP contribution is -2.57. The summed E-state index contributed by atoms with van der Waals surface area (Å²) in [6, 6.07) is 0.515. The Kier molecular flexibility index (Phi) is 4.97. The molecule has 0 aromatic rings. The van der Waals surface area contributed by atoms with Gasteiger partial charge in [-0.15, -0.1) is 0 Å². The van der Waals surface area contributed by atoms with E-state index in [9.17, 15) is 4.79 Å². The van der Waals surface area contributed by atoms with Crippen LogP contribution in [0.4, 0.5) is 0 Å². The molecule has 0 bridgehead atoms. The fraction of sp³-hybridized carbons (Fsp3) is 0.923. The minimum absolute atomic E-state index is 0.0415. The van der Waals surface area contributed by atoms with Gasteiger partial charge in [0.25, 0.3) is 0 Å². The van der Waals surface area contributed by atoms with E-state index in [1.807, 2.05) is 11.9 Å². The number of carbonyl (C=O) groups is 1. The topological polar surface area (TPSA) is 47.6 Å². The van der Waals surface area contributed by atoms with E-state index in [2.05, 4.69) is 22.5 Å². The Labute approximate surface area is 110 Å². The molecule has 0 aromatic heterocycles. The van der Waals surface area contributed by atoms with Crippen LogP contribution in [0.3, 0.4) is 0 Å². The Morgan fingerprint density at radius 2 is 2.28 bits per heavy atom. The van der Waals surface area contributed by atoms with E-state index in [4.69, 9.17) is 0 Å². The quantitative estimate of drug-likeness (QED) is 0.709. The van der Waals surface area contributed by atoms with E-state index in [0.29, 0.717) is 6.04 Å². The molecular formula is C13H26N4O. The molecule has 5 nitrogen and oxygen atoms in total. The number of hydrogen-bond donors (Lipinski definition) is 2. The third-order valence-corrected chi connectivity index (χ3v) is 4.11. The lowest BCUT2D eigenvalue weighted by Gasteiger charge is -2.31. The van der Waals surface area contributed by atoms with Crippen LogP contribution in [0.25, 0.3) is 0 Å². The molecule has 5 heteroatoms. The van der Waals surface area contributed by atoms with Crippen LogP contribution in [0.2, 0.25) is 0 Å². The third-order valence-electron chi connectivity index (χ3n) is 4.11. The normalized spacial score (nSPS) is 29.4. The number of nitrogens with one attached hydrogen (secondary N) is 2. The number of likely N-dealkylation sites (N-methyl/N-ethyl adjacent to an activating group) is 2. The van der Waals surface area contributed by atoms with Gasteiger partial charge in [0, 0.05) is 39.3 Å². The fourth-order valence-electron chi connectivity index (χ4n) is 3.02. The van der Waals surface area contributed by atoms with Crippen molar-refractivity contribution in [3.05, 3.63) is 0 Å². The Bertz CT molecular complexity index is 278. The third kappa shape index (κ3) is 3.22. The summed E-state index contributed by atoms with van der Waals surface area (Å²) in [6.07, 6.45) is 2.49. The molecule has 2 aliphatic heterocycles. The molecule has 2 N–H and O–H groups in total. The van der Waals surface area contributed by atoms with Crippen LogP contribution < -0.4 is 10.6 Å². The highest BCUT2D eigenvalue weighted by molar-refractivity contribution is 5.82. The number of rotatable bonds is 4. The zero-order valence-corrected chi connectivity index (χ0v) is 11.6. The molecule has 104 valence electrons. The highest BCUT2D eigenvalue weighted by Gasteiger charge is 2.28. The van der Waals surface area contributed by atoms with Gasteiger partial charge in [-0.3, -0.25) is 9.69 Å². The van der Waals surface area contributed by atoms with Gasteiger partial charge < -0.3 is 15.5 Å². The van der Waals surface area contributed by atoms with Crippen molar-refractivity contribution in [2.75, 3.05) is 46.3 Å². The first-order chi connectivity index (χ1) is 8.72. The number of carbonyl (C=O) groups excluding carboxylic acids is 1. The minimum Gasteiger partial charge on any atom is -0.343 e. The van der Waals surface area contributed by atoms with Gasteiger partial charge in [0.2, 0.25) is 5.91 Å². The van der Waals surface area contributed by atoms with Crippen molar-refractivity contribution in [2.45, 2.75) is 31.8 Å². The van der Waals surface area contributed by atoms with Gasteiger partial charge in [-0.1, -0.05) is 6.92 Å². The smallest absolute Gasteiger partial charge is 0.240 e. The van der Waals surface area contributed by atoms with Crippen LogP contribution >= 0.6 is 0 Å². The fourth-order valence-corrected chi connectivity index (χ4v) is 3.02. The summed E-state index contributed by atoms with van der Waals surface area (Å²) in [6.45, 7) is 7.94. The van der Waals surface area contributed by atoms with E-state index < -0.39 is 0 Å². The summed E-state index contributed by atoms with van der Waals surface area (Å²) < 4.78 is 0. The summed E-state index contributed by atoms with van der Waals surface area (Å²) in [4.78, 5) is 16.7. The predicted octanol–water partition coefficient (Wildman–Crippen LogP) is -0.509. The molecule has 2 atom stereocenters. The van der Waals surface area contributed by atoms with Crippen molar-refractivity contribution in [3.63, 3.8) is 0 Å². The molecule has 2 fully saturated rings. The molecule has 0 saturated carbocycles. The number of likely N-dealkylation sites (tertiary alicyclic amines) is 1. The second-order valence-corrected chi connectivity index (χ2v) is 5.35. The molecule has 0 aliphatic carbocycles. The number of nitrogens with zero attached hydrogens (tertiary/aromatic N) is 2. The molecule has 0 spiro atoms. The number of piperazine rings is 1. The van der Waals surface area contributed by atoms with E-state index in [0.717, 1.165) is 32.7 Å². The molecule has 0 radical (unpaired) electrons. The first kappa shape index (κ1) is 13.8. The molecule has 2 heterocycles. The van der Waals surface area contributed by atoms with Gasteiger partial charge in [0.05, 0.1) is 6.04 Å². The van der Waals surface area contributed by atoms with Gasteiger partial charge in [0.15, 0.2) is 0 Å². The lowest BCUT2D eigenvalue weighted by atomic mass is 10.1. The molecular weight excluding hydrogens is 228 g/mol. The Morgan fingerprint density at radius 1 is 1.44 bits per heavy atom. The van der Waals surface area contributed by atoms with E-state index in [1.54, 1.807) is 0 Å². The van der Waals surface area contributed by atoms with Crippen molar-refractivity contribution in [2.24, 2.45) is 0 Å². The van der Waals surface area contributed by atoms with Gasteiger partial charge in [0.1, 0.15) is 0 Å². The van der Waals surface area contributed by atoms with Crippen LogP contribution in [-0.4, -0.2) is 74.1 Å². The number of hydrogen-bond acceptors (Lipinski definition) is 4. The summed E-state index contributed by atoms with van der Waals surface area (Å²) in [7, 11) is 1.94. The van der Waals surface area contributed by atoms with Gasteiger partial charge in [-0.25, -0.2) is 0 Å². The summed E-state index contributed by atoms with van der Waals surface area (Å²) in [5.74, 6) is 0.227. The summed E-state index contributed by atoms with van der Waals surface area (Å²) in [5, 5.41) is 6.55. The average Bonchev–Trinajstić information content (AvgIpc) is 2.86. The van der Waals surface area contributed by atoms with E-state index in [-0.39, 0.29) is 11.9 Å². The molecule has 2 saturated heterocycles. The van der Waals surface area contributed by atoms with Crippen LogP contribution in [-0.2, 0) is 4.79 Å². The van der Waals surface area contributed by atoms with Gasteiger partial charge in [-0.05, 0) is 25.9 Å². The first-order valence-corrected chi connectivity index (χ1v) is 7.15. The molecule has 2 unspecified atom stereocenters. The molecule has 2 rings (SSSR count). The SMILES string of the molecule is CCN1CCCC1CN(C)C(=O)C1CNCCN1.